The topological polar surface area (TPSA) is 66.1 Å². The zero-order chi connectivity index (χ0) is 12.8. The SMILES string of the molecule is CSc1n[nH]c2c1CN(S(=O)(=O)C(C)(C)C)C2. The van der Waals surface area contributed by atoms with Gasteiger partial charge in [-0.1, -0.05) is 0 Å². The lowest BCUT2D eigenvalue weighted by molar-refractivity contribution is 0.405. The first-order chi connectivity index (χ1) is 7.77. The van der Waals surface area contributed by atoms with Crippen molar-refractivity contribution >= 4 is 21.8 Å². The second-order valence-electron chi connectivity index (χ2n) is 5.08. The highest BCUT2D eigenvalue weighted by Gasteiger charge is 2.39. The highest BCUT2D eigenvalue weighted by molar-refractivity contribution is 7.98. The summed E-state index contributed by atoms with van der Waals surface area (Å²) in [6.07, 6.45) is 1.94. The number of nitrogens with one attached hydrogen (secondary N) is 1. The molecule has 0 saturated carbocycles. The second-order valence-corrected chi connectivity index (χ2v) is 8.56. The van der Waals surface area contributed by atoms with Gasteiger partial charge < -0.3 is 0 Å². The predicted octanol–water partition coefficient (Wildman–Crippen LogP) is 1.58. The monoisotopic (exact) mass is 275 g/mol. The molecule has 0 amide bonds. The van der Waals surface area contributed by atoms with Crippen molar-refractivity contribution in [3.05, 3.63) is 11.3 Å². The Balaban J connectivity index is 2.30. The first-order valence-corrected chi connectivity index (χ1v) is 8.03. The summed E-state index contributed by atoms with van der Waals surface area (Å²) in [5, 5.41) is 7.96. The van der Waals surface area contributed by atoms with Crippen molar-refractivity contribution < 1.29 is 8.42 Å². The minimum atomic E-state index is -3.26. The van der Waals surface area contributed by atoms with Crippen LogP contribution in [0.4, 0.5) is 0 Å². The molecule has 0 radical (unpaired) electrons. The number of aromatic nitrogens is 2. The number of nitrogens with zero attached hydrogens (tertiary/aromatic N) is 2. The number of rotatable bonds is 2. The van der Waals surface area contributed by atoms with Gasteiger partial charge >= 0.3 is 0 Å². The van der Waals surface area contributed by atoms with Gasteiger partial charge in [-0.05, 0) is 27.0 Å². The van der Waals surface area contributed by atoms with Gasteiger partial charge in [0.25, 0.3) is 0 Å². The van der Waals surface area contributed by atoms with Gasteiger partial charge in [0.05, 0.1) is 17.0 Å². The number of sulfonamides is 1. The number of thioether (sulfide) groups is 1. The summed E-state index contributed by atoms with van der Waals surface area (Å²) in [6.45, 7) is 6.01. The molecule has 2 heterocycles. The van der Waals surface area contributed by atoms with Crippen LogP contribution in [0, 0.1) is 0 Å². The van der Waals surface area contributed by atoms with Crippen molar-refractivity contribution in [2.75, 3.05) is 6.26 Å². The van der Waals surface area contributed by atoms with E-state index in [-0.39, 0.29) is 0 Å². The van der Waals surface area contributed by atoms with E-state index in [4.69, 9.17) is 0 Å². The third kappa shape index (κ3) is 2.00. The molecule has 0 aromatic carbocycles. The van der Waals surface area contributed by atoms with E-state index in [0.717, 1.165) is 16.3 Å². The van der Waals surface area contributed by atoms with Crippen LogP contribution in [0.3, 0.4) is 0 Å². The van der Waals surface area contributed by atoms with Crippen LogP contribution >= 0.6 is 11.8 Å². The summed E-state index contributed by atoms with van der Waals surface area (Å²) in [7, 11) is -3.26. The molecular weight excluding hydrogens is 258 g/mol. The summed E-state index contributed by atoms with van der Waals surface area (Å²) in [6, 6.07) is 0. The van der Waals surface area contributed by atoms with Gasteiger partial charge in [-0.25, -0.2) is 8.42 Å². The van der Waals surface area contributed by atoms with Gasteiger partial charge in [-0.2, -0.15) is 9.40 Å². The molecule has 2 rings (SSSR count). The molecule has 1 aliphatic heterocycles. The molecule has 1 aromatic heterocycles. The summed E-state index contributed by atoms with van der Waals surface area (Å²) in [5.74, 6) is 0. The fourth-order valence-electron chi connectivity index (χ4n) is 1.81. The summed E-state index contributed by atoms with van der Waals surface area (Å²) >= 11 is 1.54. The number of H-pyrrole nitrogens is 1. The lowest BCUT2D eigenvalue weighted by atomic mass is 10.3. The van der Waals surface area contributed by atoms with Crippen molar-refractivity contribution in [1.29, 1.82) is 0 Å². The molecule has 96 valence electrons. The van der Waals surface area contributed by atoms with Crippen molar-refractivity contribution in [1.82, 2.24) is 14.5 Å². The Morgan fingerprint density at radius 3 is 2.53 bits per heavy atom. The van der Waals surface area contributed by atoms with Crippen molar-refractivity contribution in [3.8, 4) is 0 Å². The van der Waals surface area contributed by atoms with Crippen LogP contribution in [-0.4, -0.2) is 33.9 Å². The fraction of sp³-hybridized carbons (Fsp3) is 0.700. The maximum atomic E-state index is 12.3. The summed E-state index contributed by atoms with van der Waals surface area (Å²) < 4.78 is 25.4. The lowest BCUT2D eigenvalue weighted by Crippen LogP contribution is -2.40. The Hall–Kier alpha value is -0.530. The van der Waals surface area contributed by atoms with Crippen LogP contribution in [0.15, 0.2) is 5.03 Å². The molecule has 7 heteroatoms. The van der Waals surface area contributed by atoms with Gasteiger partial charge in [-0.3, -0.25) is 5.10 Å². The standard InChI is InChI=1S/C10H17N3O2S2/c1-10(2,3)17(14,15)13-5-7-8(6-13)11-12-9(7)16-4/h5-6H2,1-4H3,(H,11,12). The summed E-state index contributed by atoms with van der Waals surface area (Å²) in [4.78, 5) is 0. The molecular formula is C10H17N3O2S2. The molecule has 1 aliphatic rings. The molecule has 17 heavy (non-hydrogen) atoms. The van der Waals surface area contributed by atoms with Crippen molar-refractivity contribution in [2.45, 2.75) is 43.6 Å². The Kier molecular flexibility index (Phi) is 3.04. The van der Waals surface area contributed by atoms with Gasteiger partial charge in [0, 0.05) is 12.1 Å². The van der Waals surface area contributed by atoms with Crippen molar-refractivity contribution in [3.63, 3.8) is 0 Å². The zero-order valence-electron chi connectivity index (χ0n) is 10.4. The first kappa shape index (κ1) is 12.9. The molecule has 1 aromatic rings. The van der Waals surface area contributed by atoms with E-state index in [2.05, 4.69) is 10.2 Å². The van der Waals surface area contributed by atoms with E-state index in [9.17, 15) is 8.42 Å². The van der Waals surface area contributed by atoms with E-state index in [1.165, 1.54) is 16.1 Å². The molecule has 0 atom stereocenters. The minimum Gasteiger partial charge on any atom is -0.280 e. The van der Waals surface area contributed by atoms with Crippen LogP contribution in [0.2, 0.25) is 0 Å². The summed E-state index contributed by atoms with van der Waals surface area (Å²) in [5.41, 5.74) is 1.94. The average Bonchev–Trinajstić information content (AvgIpc) is 2.73. The van der Waals surface area contributed by atoms with Crippen LogP contribution in [-0.2, 0) is 23.1 Å². The van der Waals surface area contributed by atoms with E-state index >= 15 is 0 Å². The molecule has 0 fully saturated rings. The van der Waals surface area contributed by atoms with Crippen LogP contribution in [0.5, 0.6) is 0 Å². The quantitative estimate of drug-likeness (QED) is 0.832. The second kappa shape index (κ2) is 4.00. The number of fused-ring (bicyclic) bond motifs is 1. The van der Waals surface area contributed by atoms with Crippen LogP contribution in [0.1, 0.15) is 32.0 Å². The highest BCUT2D eigenvalue weighted by Crippen LogP contribution is 2.33. The van der Waals surface area contributed by atoms with Gasteiger partial charge in [-0.15, -0.1) is 11.8 Å². The van der Waals surface area contributed by atoms with E-state index in [1.807, 2.05) is 6.26 Å². The average molecular weight is 275 g/mol. The largest absolute Gasteiger partial charge is 0.280 e. The van der Waals surface area contributed by atoms with E-state index in [1.54, 1.807) is 20.8 Å². The van der Waals surface area contributed by atoms with Gasteiger partial charge in [0.1, 0.15) is 5.03 Å². The van der Waals surface area contributed by atoms with Crippen LogP contribution < -0.4 is 0 Å². The van der Waals surface area contributed by atoms with Gasteiger partial charge in [0.2, 0.25) is 10.0 Å². The maximum absolute atomic E-state index is 12.3. The smallest absolute Gasteiger partial charge is 0.219 e. The molecule has 0 aliphatic carbocycles. The molecule has 0 bridgehead atoms. The third-order valence-electron chi connectivity index (χ3n) is 2.89. The normalized spacial score (nSPS) is 17.4. The Morgan fingerprint density at radius 1 is 1.35 bits per heavy atom. The molecule has 0 unspecified atom stereocenters. The zero-order valence-corrected chi connectivity index (χ0v) is 12.1. The molecule has 5 nitrogen and oxygen atoms in total. The Bertz CT molecular complexity index is 528. The van der Waals surface area contributed by atoms with Crippen molar-refractivity contribution in [2.24, 2.45) is 0 Å². The number of hydrogen-bond donors (Lipinski definition) is 1. The number of hydrogen-bond acceptors (Lipinski definition) is 4. The molecule has 0 spiro atoms. The highest BCUT2D eigenvalue weighted by atomic mass is 32.2. The maximum Gasteiger partial charge on any atom is 0.219 e. The lowest BCUT2D eigenvalue weighted by Gasteiger charge is -2.26. The minimum absolute atomic E-state index is 0.405. The fourth-order valence-corrected chi connectivity index (χ4v) is 3.75. The van der Waals surface area contributed by atoms with E-state index in [0.29, 0.717) is 13.1 Å². The third-order valence-corrected chi connectivity index (χ3v) is 6.10. The Morgan fingerprint density at radius 2 is 2.00 bits per heavy atom. The van der Waals surface area contributed by atoms with Gasteiger partial charge in [0.15, 0.2) is 0 Å². The number of aromatic amines is 1. The predicted molar refractivity (Wildman–Crippen MR) is 68.3 cm³/mol. The Labute approximate surface area is 106 Å². The molecule has 0 saturated heterocycles. The first-order valence-electron chi connectivity index (χ1n) is 5.37. The van der Waals surface area contributed by atoms with Crippen LogP contribution in [0.25, 0.3) is 0 Å². The molecule has 1 N–H and O–H groups in total. The van der Waals surface area contributed by atoms with E-state index < -0.39 is 14.8 Å².